The molecule has 0 spiro atoms. The third-order valence-corrected chi connectivity index (χ3v) is 3.63. The largest absolute Gasteiger partial charge is 0.471 e. The standard InChI is InChI=1S/C19H18F3N3O2/c1-13(24-25-17(26)11-10-14-6-3-2-4-7-14)15-8-5-9-16(12-15)23-18(27)19(20,21)22/h2-9,12H,10-11H2,1H3,(H,23,27)(H,25,26)/b24-13+. The summed E-state index contributed by atoms with van der Waals surface area (Å²) in [4.78, 5) is 22.9. The fourth-order valence-corrected chi connectivity index (χ4v) is 2.19. The number of nitrogens with one attached hydrogen (secondary N) is 2. The minimum atomic E-state index is -4.97. The number of alkyl halides is 3. The highest BCUT2D eigenvalue weighted by Gasteiger charge is 2.38. The summed E-state index contributed by atoms with van der Waals surface area (Å²) in [6, 6.07) is 15.3. The first-order valence-electron chi connectivity index (χ1n) is 8.11. The normalized spacial score (nSPS) is 11.8. The number of carbonyl (C=O) groups is 2. The molecule has 0 saturated heterocycles. The van der Waals surface area contributed by atoms with Gasteiger partial charge in [0.25, 0.3) is 0 Å². The van der Waals surface area contributed by atoms with Gasteiger partial charge in [-0.2, -0.15) is 18.3 Å². The van der Waals surface area contributed by atoms with Crippen molar-refractivity contribution in [3.05, 3.63) is 65.7 Å². The van der Waals surface area contributed by atoms with Gasteiger partial charge in [0.15, 0.2) is 0 Å². The first kappa shape index (κ1) is 20.2. The highest BCUT2D eigenvalue weighted by atomic mass is 19.4. The number of nitrogens with zero attached hydrogens (tertiary/aromatic N) is 1. The monoisotopic (exact) mass is 377 g/mol. The molecule has 0 unspecified atom stereocenters. The quantitative estimate of drug-likeness (QED) is 0.596. The van der Waals surface area contributed by atoms with Crippen LogP contribution in [0.5, 0.6) is 0 Å². The Morgan fingerprint density at radius 2 is 1.74 bits per heavy atom. The molecule has 2 aromatic carbocycles. The van der Waals surface area contributed by atoms with Gasteiger partial charge < -0.3 is 5.32 Å². The van der Waals surface area contributed by atoms with E-state index in [0.717, 1.165) is 5.56 Å². The van der Waals surface area contributed by atoms with Gasteiger partial charge in [0.05, 0.1) is 5.71 Å². The molecule has 27 heavy (non-hydrogen) atoms. The van der Waals surface area contributed by atoms with Crippen LogP contribution in [0.2, 0.25) is 0 Å². The van der Waals surface area contributed by atoms with Crippen LogP contribution in [0.25, 0.3) is 0 Å². The minimum Gasteiger partial charge on any atom is -0.318 e. The molecule has 0 atom stereocenters. The van der Waals surface area contributed by atoms with E-state index >= 15 is 0 Å². The van der Waals surface area contributed by atoms with E-state index in [2.05, 4.69) is 10.5 Å². The van der Waals surface area contributed by atoms with Crippen molar-refractivity contribution in [1.29, 1.82) is 0 Å². The van der Waals surface area contributed by atoms with Crippen molar-refractivity contribution in [2.24, 2.45) is 5.10 Å². The number of hydrogen-bond donors (Lipinski definition) is 2. The molecular weight excluding hydrogens is 359 g/mol. The van der Waals surface area contributed by atoms with E-state index in [4.69, 9.17) is 0 Å². The fourth-order valence-electron chi connectivity index (χ4n) is 2.19. The van der Waals surface area contributed by atoms with Crippen molar-refractivity contribution in [1.82, 2.24) is 5.43 Å². The van der Waals surface area contributed by atoms with Crippen molar-refractivity contribution in [3.8, 4) is 0 Å². The van der Waals surface area contributed by atoms with Gasteiger partial charge in [0, 0.05) is 12.1 Å². The summed E-state index contributed by atoms with van der Waals surface area (Å²) >= 11 is 0. The molecular formula is C19H18F3N3O2. The van der Waals surface area contributed by atoms with E-state index in [1.165, 1.54) is 18.2 Å². The highest BCUT2D eigenvalue weighted by Crippen LogP contribution is 2.19. The number of halogens is 3. The van der Waals surface area contributed by atoms with Gasteiger partial charge in [0.1, 0.15) is 0 Å². The topological polar surface area (TPSA) is 70.6 Å². The molecule has 0 heterocycles. The van der Waals surface area contributed by atoms with Crippen molar-refractivity contribution in [2.45, 2.75) is 25.9 Å². The number of rotatable bonds is 6. The number of hydrogen-bond acceptors (Lipinski definition) is 3. The third kappa shape index (κ3) is 6.58. The Labute approximate surface area is 154 Å². The predicted octanol–water partition coefficient (Wildman–Crippen LogP) is 3.66. The number of amides is 2. The van der Waals surface area contributed by atoms with Crippen LogP contribution in [-0.4, -0.2) is 23.7 Å². The summed E-state index contributed by atoms with van der Waals surface area (Å²) in [6.07, 6.45) is -4.14. The molecule has 0 aliphatic rings. The van der Waals surface area contributed by atoms with Gasteiger partial charge in [-0.1, -0.05) is 42.5 Å². The molecule has 2 amide bonds. The molecule has 2 aromatic rings. The predicted molar refractivity (Wildman–Crippen MR) is 96.2 cm³/mol. The van der Waals surface area contributed by atoms with Crippen LogP contribution >= 0.6 is 0 Å². The molecule has 0 aliphatic carbocycles. The van der Waals surface area contributed by atoms with Crippen LogP contribution in [0, 0.1) is 0 Å². The van der Waals surface area contributed by atoms with Gasteiger partial charge >= 0.3 is 12.1 Å². The lowest BCUT2D eigenvalue weighted by Gasteiger charge is -2.09. The molecule has 2 rings (SSSR count). The lowest BCUT2D eigenvalue weighted by Crippen LogP contribution is -2.29. The van der Waals surface area contributed by atoms with E-state index in [0.29, 0.717) is 17.7 Å². The summed E-state index contributed by atoms with van der Waals surface area (Å²) in [5, 5.41) is 5.73. The Morgan fingerprint density at radius 3 is 2.41 bits per heavy atom. The van der Waals surface area contributed by atoms with E-state index in [1.807, 2.05) is 30.3 Å². The fraction of sp³-hybridized carbons (Fsp3) is 0.211. The van der Waals surface area contributed by atoms with Gasteiger partial charge in [-0.25, -0.2) is 5.43 Å². The molecule has 2 N–H and O–H groups in total. The maximum atomic E-state index is 12.3. The molecule has 142 valence electrons. The molecule has 0 aromatic heterocycles. The van der Waals surface area contributed by atoms with E-state index in [9.17, 15) is 22.8 Å². The van der Waals surface area contributed by atoms with E-state index in [-0.39, 0.29) is 18.0 Å². The van der Waals surface area contributed by atoms with Crippen LogP contribution in [0.15, 0.2) is 59.7 Å². The Bertz CT molecular complexity index is 834. The van der Waals surface area contributed by atoms with Crippen molar-refractivity contribution in [3.63, 3.8) is 0 Å². The molecule has 0 radical (unpaired) electrons. The van der Waals surface area contributed by atoms with Crippen LogP contribution < -0.4 is 10.7 Å². The number of hydrazone groups is 1. The second-order valence-electron chi connectivity index (χ2n) is 5.75. The second-order valence-corrected chi connectivity index (χ2v) is 5.75. The Balaban J connectivity index is 1.94. The van der Waals surface area contributed by atoms with Crippen molar-refractivity contribution < 1.29 is 22.8 Å². The molecule has 0 aliphatic heterocycles. The van der Waals surface area contributed by atoms with Crippen molar-refractivity contribution in [2.75, 3.05) is 5.32 Å². The zero-order chi connectivity index (χ0) is 19.9. The summed E-state index contributed by atoms with van der Waals surface area (Å²) in [5.74, 6) is -2.33. The molecule has 5 nitrogen and oxygen atoms in total. The molecule has 0 saturated carbocycles. The molecule has 0 bridgehead atoms. The summed E-state index contributed by atoms with van der Waals surface area (Å²) < 4.78 is 36.9. The minimum absolute atomic E-state index is 0.0141. The van der Waals surface area contributed by atoms with Crippen LogP contribution in [0.3, 0.4) is 0 Å². The number of aryl methyl sites for hydroxylation is 1. The van der Waals surface area contributed by atoms with Crippen LogP contribution in [0.4, 0.5) is 18.9 Å². The Hall–Kier alpha value is -3.16. The summed E-state index contributed by atoms with van der Waals surface area (Å²) in [5.41, 5.74) is 4.30. The zero-order valence-electron chi connectivity index (χ0n) is 14.5. The Morgan fingerprint density at radius 1 is 1.04 bits per heavy atom. The Kier molecular flexibility index (Phi) is 6.70. The second kappa shape index (κ2) is 8.98. The van der Waals surface area contributed by atoms with Crippen LogP contribution in [-0.2, 0) is 16.0 Å². The smallest absolute Gasteiger partial charge is 0.318 e. The maximum Gasteiger partial charge on any atom is 0.471 e. The average molecular weight is 377 g/mol. The number of benzene rings is 2. The summed E-state index contributed by atoms with van der Waals surface area (Å²) in [6.45, 7) is 1.60. The maximum absolute atomic E-state index is 12.3. The number of anilines is 1. The van der Waals surface area contributed by atoms with Gasteiger partial charge in [-0.15, -0.1) is 0 Å². The van der Waals surface area contributed by atoms with E-state index in [1.54, 1.807) is 18.3 Å². The number of carbonyl (C=O) groups excluding carboxylic acids is 2. The zero-order valence-corrected chi connectivity index (χ0v) is 14.5. The van der Waals surface area contributed by atoms with Gasteiger partial charge in [-0.05, 0) is 36.6 Å². The van der Waals surface area contributed by atoms with Crippen molar-refractivity contribution >= 4 is 23.2 Å². The van der Waals surface area contributed by atoms with Crippen LogP contribution in [0.1, 0.15) is 24.5 Å². The lowest BCUT2D eigenvalue weighted by molar-refractivity contribution is -0.167. The average Bonchev–Trinajstić information content (AvgIpc) is 2.64. The molecule has 0 fully saturated rings. The summed E-state index contributed by atoms with van der Waals surface area (Å²) in [7, 11) is 0. The van der Waals surface area contributed by atoms with Gasteiger partial charge in [-0.3, -0.25) is 9.59 Å². The highest BCUT2D eigenvalue weighted by molar-refractivity contribution is 6.01. The third-order valence-electron chi connectivity index (χ3n) is 3.63. The SMILES string of the molecule is C/C(=N\NC(=O)CCc1ccccc1)c1cccc(NC(=O)C(F)(F)F)c1. The first-order chi connectivity index (χ1) is 12.8. The van der Waals surface area contributed by atoms with E-state index < -0.39 is 12.1 Å². The lowest BCUT2D eigenvalue weighted by atomic mass is 10.1. The first-order valence-corrected chi connectivity index (χ1v) is 8.11. The molecule has 8 heteroatoms. The van der Waals surface area contributed by atoms with Gasteiger partial charge in [0.2, 0.25) is 5.91 Å².